The molecule has 1 rings (SSSR count). The lowest BCUT2D eigenvalue weighted by molar-refractivity contribution is 0.492. The molecule has 1 aromatic rings. The highest BCUT2D eigenvalue weighted by molar-refractivity contribution is 9.10. The molecule has 0 atom stereocenters. The van der Waals surface area contributed by atoms with E-state index in [1.807, 2.05) is 32.1 Å². The maximum atomic E-state index is 4.18. The molecule has 66 valence electrons. The Morgan fingerprint density at radius 1 is 1.50 bits per heavy atom. The molecule has 12 heavy (non-hydrogen) atoms. The van der Waals surface area contributed by atoms with Crippen LogP contribution < -0.4 is 5.43 Å². The van der Waals surface area contributed by atoms with Crippen LogP contribution in [0.15, 0.2) is 16.7 Å². The first kappa shape index (κ1) is 9.48. The molecule has 0 saturated heterocycles. The molecule has 1 aromatic heterocycles. The Morgan fingerprint density at radius 2 is 2.17 bits per heavy atom. The zero-order valence-electron chi connectivity index (χ0n) is 7.43. The number of hydrogen-bond acceptors (Lipinski definition) is 3. The molecule has 0 amide bonds. The van der Waals surface area contributed by atoms with Crippen molar-refractivity contribution in [2.45, 2.75) is 6.92 Å². The SMILES string of the molecule is Cc1ccnc(NN(C)C)c1Br. The van der Waals surface area contributed by atoms with Crippen LogP contribution in [0.5, 0.6) is 0 Å². The summed E-state index contributed by atoms with van der Waals surface area (Å²) in [5, 5.41) is 1.85. The summed E-state index contributed by atoms with van der Waals surface area (Å²) in [5.41, 5.74) is 4.26. The van der Waals surface area contributed by atoms with Crippen LogP contribution in [0, 0.1) is 6.92 Å². The van der Waals surface area contributed by atoms with Crippen molar-refractivity contribution in [2.75, 3.05) is 19.5 Å². The van der Waals surface area contributed by atoms with Crippen molar-refractivity contribution in [3.8, 4) is 0 Å². The standard InChI is InChI=1S/C8H12BrN3/c1-6-4-5-10-8(7(6)9)11-12(2)3/h4-5H,1-3H3,(H,10,11). The van der Waals surface area contributed by atoms with E-state index < -0.39 is 0 Å². The third-order valence-electron chi connectivity index (χ3n) is 1.41. The second kappa shape index (κ2) is 3.87. The maximum absolute atomic E-state index is 4.18. The summed E-state index contributed by atoms with van der Waals surface area (Å²) in [6.45, 7) is 2.03. The van der Waals surface area contributed by atoms with Crippen LogP contribution in [-0.4, -0.2) is 24.1 Å². The minimum absolute atomic E-state index is 0.847. The fraction of sp³-hybridized carbons (Fsp3) is 0.375. The third-order valence-corrected chi connectivity index (χ3v) is 2.41. The molecular weight excluding hydrogens is 218 g/mol. The minimum Gasteiger partial charge on any atom is -0.303 e. The fourth-order valence-corrected chi connectivity index (χ4v) is 1.15. The summed E-state index contributed by atoms with van der Waals surface area (Å²) in [6.07, 6.45) is 1.78. The van der Waals surface area contributed by atoms with Gasteiger partial charge >= 0.3 is 0 Å². The molecule has 0 aliphatic carbocycles. The summed E-state index contributed by atoms with van der Waals surface area (Å²) in [5.74, 6) is 0.847. The van der Waals surface area contributed by atoms with Gasteiger partial charge in [-0.25, -0.2) is 9.99 Å². The molecule has 0 saturated carbocycles. The average Bonchev–Trinajstić information content (AvgIpc) is 1.98. The second-order valence-corrected chi connectivity index (χ2v) is 3.59. The smallest absolute Gasteiger partial charge is 0.154 e. The molecule has 0 aromatic carbocycles. The normalized spacial score (nSPS) is 10.4. The zero-order valence-corrected chi connectivity index (χ0v) is 9.01. The number of aromatic nitrogens is 1. The summed E-state index contributed by atoms with van der Waals surface area (Å²) >= 11 is 3.46. The van der Waals surface area contributed by atoms with Crippen molar-refractivity contribution in [3.63, 3.8) is 0 Å². The van der Waals surface area contributed by atoms with Gasteiger partial charge < -0.3 is 5.43 Å². The monoisotopic (exact) mass is 229 g/mol. The van der Waals surface area contributed by atoms with Gasteiger partial charge in [-0.05, 0) is 34.5 Å². The lowest BCUT2D eigenvalue weighted by Crippen LogP contribution is -2.20. The number of hydrogen-bond donors (Lipinski definition) is 1. The van der Waals surface area contributed by atoms with Crippen molar-refractivity contribution in [2.24, 2.45) is 0 Å². The van der Waals surface area contributed by atoms with Crippen molar-refractivity contribution < 1.29 is 0 Å². The van der Waals surface area contributed by atoms with Gasteiger partial charge in [-0.3, -0.25) is 0 Å². The van der Waals surface area contributed by atoms with E-state index in [4.69, 9.17) is 0 Å². The maximum Gasteiger partial charge on any atom is 0.154 e. The van der Waals surface area contributed by atoms with Gasteiger partial charge in [0.05, 0.1) is 4.47 Å². The van der Waals surface area contributed by atoms with Gasteiger partial charge in [-0.15, -0.1) is 0 Å². The first-order valence-corrected chi connectivity index (χ1v) is 4.45. The first-order chi connectivity index (χ1) is 5.61. The van der Waals surface area contributed by atoms with Crippen LogP contribution >= 0.6 is 15.9 Å². The van der Waals surface area contributed by atoms with Gasteiger partial charge in [0.2, 0.25) is 0 Å². The van der Waals surface area contributed by atoms with E-state index >= 15 is 0 Å². The number of rotatable bonds is 2. The number of halogens is 1. The number of pyridine rings is 1. The molecule has 1 heterocycles. The summed E-state index contributed by atoms with van der Waals surface area (Å²) < 4.78 is 1.01. The van der Waals surface area contributed by atoms with Gasteiger partial charge in [0, 0.05) is 20.3 Å². The van der Waals surface area contributed by atoms with E-state index in [1.165, 1.54) is 5.56 Å². The molecule has 0 radical (unpaired) electrons. The number of aryl methyl sites for hydroxylation is 1. The topological polar surface area (TPSA) is 28.2 Å². The van der Waals surface area contributed by atoms with Crippen molar-refractivity contribution >= 4 is 21.7 Å². The molecular formula is C8H12BrN3. The van der Waals surface area contributed by atoms with Crippen LogP contribution in [0.3, 0.4) is 0 Å². The quantitative estimate of drug-likeness (QED) is 0.788. The zero-order chi connectivity index (χ0) is 9.14. The van der Waals surface area contributed by atoms with Crippen molar-refractivity contribution in [3.05, 3.63) is 22.3 Å². The molecule has 0 aliphatic heterocycles. The van der Waals surface area contributed by atoms with Crippen LogP contribution in [-0.2, 0) is 0 Å². The van der Waals surface area contributed by atoms with E-state index in [2.05, 4.69) is 26.3 Å². The number of nitrogens with one attached hydrogen (secondary N) is 1. The summed E-state index contributed by atoms with van der Waals surface area (Å²) in [4.78, 5) is 4.18. The van der Waals surface area contributed by atoms with E-state index in [1.54, 1.807) is 6.20 Å². The van der Waals surface area contributed by atoms with Gasteiger partial charge in [0.1, 0.15) is 0 Å². The summed E-state index contributed by atoms with van der Waals surface area (Å²) in [7, 11) is 3.85. The van der Waals surface area contributed by atoms with E-state index in [9.17, 15) is 0 Å². The number of hydrazine groups is 1. The van der Waals surface area contributed by atoms with Crippen LogP contribution in [0.1, 0.15) is 5.56 Å². The van der Waals surface area contributed by atoms with E-state index in [-0.39, 0.29) is 0 Å². The Bertz CT molecular complexity index is 273. The highest BCUT2D eigenvalue weighted by atomic mass is 79.9. The number of anilines is 1. The third kappa shape index (κ3) is 2.19. The van der Waals surface area contributed by atoms with Crippen LogP contribution in [0.25, 0.3) is 0 Å². The Kier molecular flexibility index (Phi) is 3.05. The Hall–Kier alpha value is -0.610. The Balaban J connectivity index is 2.92. The highest BCUT2D eigenvalue weighted by Crippen LogP contribution is 2.22. The van der Waals surface area contributed by atoms with Gasteiger partial charge in [-0.2, -0.15) is 0 Å². The van der Waals surface area contributed by atoms with Crippen LogP contribution in [0.4, 0.5) is 5.82 Å². The second-order valence-electron chi connectivity index (χ2n) is 2.80. The molecule has 1 N–H and O–H groups in total. The van der Waals surface area contributed by atoms with Crippen molar-refractivity contribution in [1.29, 1.82) is 0 Å². The van der Waals surface area contributed by atoms with Crippen LogP contribution in [0.2, 0.25) is 0 Å². The van der Waals surface area contributed by atoms with Crippen molar-refractivity contribution in [1.82, 2.24) is 9.99 Å². The fourth-order valence-electron chi connectivity index (χ4n) is 0.830. The molecule has 0 spiro atoms. The van der Waals surface area contributed by atoms with Gasteiger partial charge in [0.25, 0.3) is 0 Å². The lowest BCUT2D eigenvalue weighted by atomic mass is 10.3. The molecule has 0 aliphatic rings. The van der Waals surface area contributed by atoms with E-state index in [0.717, 1.165) is 10.3 Å². The van der Waals surface area contributed by atoms with E-state index in [0.29, 0.717) is 0 Å². The Labute approximate surface area is 80.9 Å². The molecule has 4 heteroatoms. The largest absolute Gasteiger partial charge is 0.303 e. The molecule has 0 fully saturated rings. The highest BCUT2D eigenvalue weighted by Gasteiger charge is 2.02. The Morgan fingerprint density at radius 3 is 2.75 bits per heavy atom. The van der Waals surface area contributed by atoms with Gasteiger partial charge in [-0.1, -0.05) is 0 Å². The lowest BCUT2D eigenvalue weighted by Gasteiger charge is -2.14. The first-order valence-electron chi connectivity index (χ1n) is 3.66. The predicted molar refractivity (Wildman–Crippen MR) is 54.0 cm³/mol. The predicted octanol–water partition coefficient (Wildman–Crippen LogP) is 2.04. The molecule has 0 unspecified atom stereocenters. The average molecular weight is 230 g/mol. The number of nitrogens with zero attached hydrogens (tertiary/aromatic N) is 2. The van der Waals surface area contributed by atoms with Gasteiger partial charge in [0.15, 0.2) is 5.82 Å². The summed E-state index contributed by atoms with van der Waals surface area (Å²) in [6, 6.07) is 1.96. The minimum atomic E-state index is 0.847. The molecule has 3 nitrogen and oxygen atoms in total. The molecule has 0 bridgehead atoms.